The predicted octanol–water partition coefficient (Wildman–Crippen LogP) is 1.51. The molecule has 1 unspecified atom stereocenters. The Morgan fingerprint density at radius 1 is 1.47 bits per heavy atom. The summed E-state index contributed by atoms with van der Waals surface area (Å²) in [5.41, 5.74) is 2.33. The Balaban J connectivity index is 3.12. The molecule has 0 amide bonds. The fourth-order valence-corrected chi connectivity index (χ4v) is 1.60. The zero-order chi connectivity index (χ0) is 11.6. The van der Waals surface area contributed by atoms with Crippen molar-refractivity contribution in [2.45, 2.75) is 33.7 Å². The molecule has 1 rings (SSSR count). The standard InChI is InChI=1S/C11H21N3O/c1-6-13(5)11-9(3)10(4)14(12-11)8(2)7-15/h8,15H,6-7H2,1-5H3. The second-order valence-electron chi connectivity index (χ2n) is 4.02. The van der Waals surface area contributed by atoms with Gasteiger partial charge in [-0.3, -0.25) is 4.68 Å². The van der Waals surface area contributed by atoms with Gasteiger partial charge in [0.05, 0.1) is 12.6 Å². The fourth-order valence-electron chi connectivity index (χ4n) is 1.60. The van der Waals surface area contributed by atoms with Crippen LogP contribution in [0.15, 0.2) is 0 Å². The zero-order valence-corrected chi connectivity index (χ0v) is 10.3. The Kier molecular flexibility index (Phi) is 3.74. The van der Waals surface area contributed by atoms with E-state index in [-0.39, 0.29) is 12.6 Å². The second kappa shape index (κ2) is 4.66. The molecule has 0 saturated heterocycles. The van der Waals surface area contributed by atoms with Gasteiger partial charge < -0.3 is 10.0 Å². The number of aliphatic hydroxyl groups is 1. The van der Waals surface area contributed by atoms with Crippen LogP contribution >= 0.6 is 0 Å². The third kappa shape index (κ3) is 2.15. The quantitative estimate of drug-likeness (QED) is 0.820. The molecule has 1 atom stereocenters. The highest BCUT2D eigenvalue weighted by molar-refractivity contribution is 5.47. The summed E-state index contributed by atoms with van der Waals surface area (Å²) in [4.78, 5) is 2.11. The molecule has 0 aliphatic carbocycles. The van der Waals surface area contributed by atoms with Gasteiger partial charge in [0.15, 0.2) is 5.82 Å². The van der Waals surface area contributed by atoms with E-state index in [1.54, 1.807) is 0 Å². The molecular formula is C11H21N3O. The zero-order valence-electron chi connectivity index (χ0n) is 10.3. The SMILES string of the molecule is CCN(C)c1nn(C(C)CO)c(C)c1C. The molecule has 0 radical (unpaired) electrons. The number of anilines is 1. The van der Waals surface area contributed by atoms with Crippen LogP contribution in [0.5, 0.6) is 0 Å². The van der Waals surface area contributed by atoms with E-state index in [1.807, 2.05) is 25.6 Å². The van der Waals surface area contributed by atoms with Crippen LogP contribution in [0.1, 0.15) is 31.1 Å². The van der Waals surface area contributed by atoms with Crippen LogP contribution in [0.3, 0.4) is 0 Å². The Bertz CT molecular complexity index is 302. The van der Waals surface area contributed by atoms with Crippen LogP contribution in [0.2, 0.25) is 0 Å². The maximum atomic E-state index is 9.13. The second-order valence-corrected chi connectivity index (χ2v) is 4.02. The van der Waals surface area contributed by atoms with Crippen LogP contribution in [0.25, 0.3) is 0 Å². The molecular weight excluding hydrogens is 190 g/mol. The van der Waals surface area contributed by atoms with E-state index in [2.05, 4.69) is 23.8 Å². The third-order valence-corrected chi connectivity index (χ3v) is 2.94. The summed E-state index contributed by atoms with van der Waals surface area (Å²) >= 11 is 0. The van der Waals surface area contributed by atoms with E-state index in [9.17, 15) is 0 Å². The molecule has 1 aromatic rings. The van der Waals surface area contributed by atoms with Gasteiger partial charge in [0.2, 0.25) is 0 Å². The van der Waals surface area contributed by atoms with Crippen molar-refractivity contribution < 1.29 is 5.11 Å². The van der Waals surface area contributed by atoms with Crippen molar-refractivity contribution in [1.29, 1.82) is 0 Å². The first-order valence-corrected chi connectivity index (χ1v) is 5.40. The lowest BCUT2D eigenvalue weighted by atomic mass is 10.2. The summed E-state index contributed by atoms with van der Waals surface area (Å²) in [6.07, 6.45) is 0. The molecule has 0 saturated carbocycles. The van der Waals surface area contributed by atoms with Crippen LogP contribution in [0.4, 0.5) is 5.82 Å². The molecule has 1 heterocycles. The smallest absolute Gasteiger partial charge is 0.153 e. The van der Waals surface area contributed by atoms with E-state index < -0.39 is 0 Å². The topological polar surface area (TPSA) is 41.3 Å². The highest BCUT2D eigenvalue weighted by Gasteiger charge is 2.16. The van der Waals surface area contributed by atoms with Crippen LogP contribution in [-0.4, -0.2) is 35.1 Å². The number of aliphatic hydroxyl groups excluding tert-OH is 1. The summed E-state index contributed by atoms with van der Waals surface area (Å²) < 4.78 is 1.90. The summed E-state index contributed by atoms with van der Waals surface area (Å²) in [6, 6.07) is 0.0442. The molecule has 1 N–H and O–H groups in total. The van der Waals surface area contributed by atoms with E-state index in [1.165, 1.54) is 5.56 Å². The van der Waals surface area contributed by atoms with Crippen molar-refractivity contribution in [2.24, 2.45) is 0 Å². The van der Waals surface area contributed by atoms with Gasteiger partial charge in [0.1, 0.15) is 0 Å². The van der Waals surface area contributed by atoms with Gasteiger partial charge in [-0.05, 0) is 27.7 Å². The Morgan fingerprint density at radius 3 is 2.53 bits per heavy atom. The molecule has 1 aromatic heterocycles. The lowest BCUT2D eigenvalue weighted by Crippen LogP contribution is -2.18. The van der Waals surface area contributed by atoms with E-state index in [4.69, 9.17) is 5.11 Å². The number of aromatic nitrogens is 2. The summed E-state index contributed by atoms with van der Waals surface area (Å²) in [6.45, 7) is 9.24. The maximum Gasteiger partial charge on any atom is 0.153 e. The average molecular weight is 211 g/mol. The molecule has 4 heteroatoms. The number of hydrogen-bond donors (Lipinski definition) is 1. The monoisotopic (exact) mass is 211 g/mol. The minimum absolute atomic E-state index is 0.0442. The van der Waals surface area contributed by atoms with Crippen molar-refractivity contribution in [2.75, 3.05) is 25.1 Å². The molecule has 0 spiro atoms. The predicted molar refractivity (Wildman–Crippen MR) is 62.4 cm³/mol. The maximum absolute atomic E-state index is 9.13. The molecule has 0 aliphatic heterocycles. The van der Waals surface area contributed by atoms with Crippen molar-refractivity contribution in [3.8, 4) is 0 Å². The van der Waals surface area contributed by atoms with E-state index in [0.717, 1.165) is 18.1 Å². The summed E-state index contributed by atoms with van der Waals surface area (Å²) in [7, 11) is 2.03. The molecule has 4 nitrogen and oxygen atoms in total. The van der Waals surface area contributed by atoms with Crippen molar-refractivity contribution in [3.63, 3.8) is 0 Å². The molecule has 0 aromatic carbocycles. The summed E-state index contributed by atoms with van der Waals surface area (Å²) in [5.74, 6) is 1.01. The van der Waals surface area contributed by atoms with Gasteiger partial charge in [-0.2, -0.15) is 5.10 Å². The Labute approximate surface area is 91.5 Å². The molecule has 0 aliphatic rings. The lowest BCUT2D eigenvalue weighted by Gasteiger charge is -2.14. The van der Waals surface area contributed by atoms with Crippen molar-refractivity contribution in [1.82, 2.24) is 9.78 Å². The van der Waals surface area contributed by atoms with E-state index in [0.29, 0.717) is 0 Å². The molecule has 0 fully saturated rings. The van der Waals surface area contributed by atoms with Gasteiger partial charge >= 0.3 is 0 Å². The first-order valence-electron chi connectivity index (χ1n) is 5.40. The molecule has 15 heavy (non-hydrogen) atoms. The first-order chi connectivity index (χ1) is 7.02. The Hall–Kier alpha value is -1.03. The largest absolute Gasteiger partial charge is 0.394 e. The van der Waals surface area contributed by atoms with Crippen molar-refractivity contribution in [3.05, 3.63) is 11.3 Å². The summed E-state index contributed by atoms with van der Waals surface area (Å²) in [5, 5.41) is 13.7. The van der Waals surface area contributed by atoms with Gasteiger partial charge in [-0.1, -0.05) is 0 Å². The number of nitrogens with zero attached hydrogens (tertiary/aromatic N) is 3. The van der Waals surface area contributed by atoms with Crippen LogP contribution in [-0.2, 0) is 0 Å². The average Bonchev–Trinajstić information content (AvgIpc) is 2.54. The van der Waals surface area contributed by atoms with E-state index >= 15 is 0 Å². The first kappa shape index (κ1) is 12.0. The van der Waals surface area contributed by atoms with Gasteiger partial charge in [-0.25, -0.2) is 0 Å². The minimum atomic E-state index is 0.0442. The van der Waals surface area contributed by atoms with Gasteiger partial charge in [-0.15, -0.1) is 0 Å². The lowest BCUT2D eigenvalue weighted by molar-refractivity contribution is 0.228. The van der Waals surface area contributed by atoms with Crippen molar-refractivity contribution >= 4 is 5.82 Å². The highest BCUT2D eigenvalue weighted by atomic mass is 16.3. The molecule has 86 valence electrons. The minimum Gasteiger partial charge on any atom is -0.394 e. The van der Waals surface area contributed by atoms with Crippen LogP contribution < -0.4 is 4.90 Å². The van der Waals surface area contributed by atoms with Gasteiger partial charge in [0, 0.05) is 24.8 Å². The molecule has 0 bridgehead atoms. The van der Waals surface area contributed by atoms with Gasteiger partial charge in [0.25, 0.3) is 0 Å². The number of hydrogen-bond acceptors (Lipinski definition) is 3. The normalized spacial score (nSPS) is 12.9. The van der Waals surface area contributed by atoms with Crippen LogP contribution in [0, 0.1) is 13.8 Å². The highest BCUT2D eigenvalue weighted by Crippen LogP contribution is 2.22. The Morgan fingerprint density at radius 2 is 2.07 bits per heavy atom. The number of rotatable bonds is 4. The fraction of sp³-hybridized carbons (Fsp3) is 0.727. The third-order valence-electron chi connectivity index (χ3n) is 2.94.